The maximum atomic E-state index is 12.9. The molecule has 1 aromatic rings. The molecule has 5 heteroatoms. The number of benzene rings is 1. The minimum atomic E-state index is -0.779. The minimum Gasteiger partial charge on any atom is -0.480 e. The van der Waals surface area contributed by atoms with Crippen molar-refractivity contribution in [2.24, 2.45) is 5.92 Å². The highest BCUT2D eigenvalue weighted by molar-refractivity contribution is 5.97. The number of carbonyl (C=O) groups excluding carboxylic acids is 1. The van der Waals surface area contributed by atoms with Gasteiger partial charge in [0.2, 0.25) is 5.91 Å². The minimum absolute atomic E-state index is 0.0393. The van der Waals surface area contributed by atoms with Crippen molar-refractivity contribution in [2.45, 2.75) is 50.6 Å². The van der Waals surface area contributed by atoms with Crippen LogP contribution in [0.15, 0.2) is 24.3 Å². The van der Waals surface area contributed by atoms with E-state index in [2.05, 4.69) is 6.07 Å². The van der Waals surface area contributed by atoms with Crippen molar-refractivity contribution >= 4 is 17.6 Å². The number of hydrogen-bond donors (Lipinski definition) is 1. The number of carboxylic acid groups (broad SMARTS) is 1. The van der Waals surface area contributed by atoms with Gasteiger partial charge in [0, 0.05) is 18.3 Å². The molecular weight excluding hydrogens is 304 g/mol. The zero-order valence-corrected chi connectivity index (χ0v) is 13.9. The van der Waals surface area contributed by atoms with Crippen molar-refractivity contribution in [3.8, 4) is 0 Å². The average molecular weight is 328 g/mol. The maximum absolute atomic E-state index is 12.9. The number of carboxylic acids is 1. The summed E-state index contributed by atoms with van der Waals surface area (Å²) in [7, 11) is 0. The van der Waals surface area contributed by atoms with Gasteiger partial charge in [0.05, 0.1) is 6.54 Å². The molecule has 1 N–H and O–H groups in total. The Morgan fingerprint density at radius 3 is 2.79 bits per heavy atom. The molecule has 4 rings (SSSR count). The van der Waals surface area contributed by atoms with E-state index in [1.165, 1.54) is 12.0 Å². The van der Waals surface area contributed by atoms with Crippen LogP contribution in [-0.2, 0) is 16.0 Å². The second kappa shape index (κ2) is 6.20. The van der Waals surface area contributed by atoms with Gasteiger partial charge in [-0.15, -0.1) is 0 Å². The molecule has 2 aliphatic heterocycles. The van der Waals surface area contributed by atoms with Crippen LogP contribution in [0, 0.1) is 5.92 Å². The van der Waals surface area contributed by atoms with Gasteiger partial charge in [0.15, 0.2) is 0 Å². The predicted octanol–water partition coefficient (Wildman–Crippen LogP) is 2.29. The molecule has 1 aromatic carbocycles. The molecule has 1 aliphatic carbocycles. The highest BCUT2D eigenvalue weighted by atomic mass is 16.4. The van der Waals surface area contributed by atoms with E-state index in [9.17, 15) is 14.7 Å². The third-order valence-corrected chi connectivity index (χ3v) is 6.01. The highest BCUT2D eigenvalue weighted by Crippen LogP contribution is 2.40. The molecule has 0 bridgehead atoms. The number of amides is 1. The summed E-state index contributed by atoms with van der Waals surface area (Å²) in [5.74, 6) is -0.296. The Hall–Kier alpha value is -1.88. The lowest BCUT2D eigenvalue weighted by atomic mass is 9.85. The van der Waals surface area contributed by atoms with Gasteiger partial charge < -0.3 is 10.0 Å². The van der Waals surface area contributed by atoms with E-state index < -0.39 is 12.0 Å². The molecular formula is C19H24N2O3. The first-order valence-corrected chi connectivity index (χ1v) is 9.02. The molecule has 0 unspecified atom stereocenters. The van der Waals surface area contributed by atoms with Crippen LogP contribution in [0.1, 0.15) is 37.7 Å². The number of nitrogens with zero attached hydrogens (tertiary/aromatic N) is 2. The quantitative estimate of drug-likeness (QED) is 0.925. The zero-order valence-electron chi connectivity index (χ0n) is 13.9. The number of rotatable bonds is 3. The summed E-state index contributed by atoms with van der Waals surface area (Å²) in [5.41, 5.74) is 2.20. The average Bonchev–Trinajstić information content (AvgIpc) is 3.17. The van der Waals surface area contributed by atoms with Crippen molar-refractivity contribution in [3.05, 3.63) is 29.8 Å². The Labute approximate surface area is 142 Å². The number of fused-ring (bicyclic) bond motifs is 2. The summed E-state index contributed by atoms with van der Waals surface area (Å²) in [6.07, 6.45) is 6.05. The van der Waals surface area contributed by atoms with Crippen LogP contribution >= 0.6 is 0 Å². The number of aliphatic carboxylic acids is 1. The summed E-state index contributed by atoms with van der Waals surface area (Å²) in [5, 5.41) is 9.60. The SMILES string of the molecule is O=C(O)[C@@H]1C[C@H]2CCCC[C@@H]2N1CC(=O)N1CCc2ccccc21. The molecule has 5 nitrogen and oxygen atoms in total. The predicted molar refractivity (Wildman–Crippen MR) is 91.0 cm³/mol. The Morgan fingerprint density at radius 2 is 1.96 bits per heavy atom. The van der Waals surface area contributed by atoms with Crippen LogP contribution in [0.2, 0.25) is 0 Å². The second-order valence-electron chi connectivity index (χ2n) is 7.30. The third-order valence-electron chi connectivity index (χ3n) is 6.01. The molecule has 2 heterocycles. The molecule has 128 valence electrons. The first-order valence-electron chi connectivity index (χ1n) is 9.02. The topological polar surface area (TPSA) is 60.9 Å². The first-order chi connectivity index (χ1) is 11.6. The Morgan fingerprint density at radius 1 is 1.17 bits per heavy atom. The van der Waals surface area contributed by atoms with Gasteiger partial charge in [-0.3, -0.25) is 14.5 Å². The molecule has 3 aliphatic rings. The lowest BCUT2D eigenvalue weighted by molar-refractivity contribution is -0.143. The van der Waals surface area contributed by atoms with E-state index in [4.69, 9.17) is 0 Å². The molecule has 1 saturated heterocycles. The van der Waals surface area contributed by atoms with Crippen molar-refractivity contribution in [3.63, 3.8) is 0 Å². The van der Waals surface area contributed by atoms with E-state index in [1.54, 1.807) is 0 Å². The Bertz CT molecular complexity index is 660. The van der Waals surface area contributed by atoms with Crippen LogP contribution in [0.25, 0.3) is 0 Å². The Kier molecular flexibility index (Phi) is 4.04. The van der Waals surface area contributed by atoms with Crippen molar-refractivity contribution in [1.82, 2.24) is 4.90 Å². The number of hydrogen-bond acceptors (Lipinski definition) is 3. The highest BCUT2D eigenvalue weighted by Gasteiger charge is 2.46. The summed E-state index contributed by atoms with van der Waals surface area (Å²) in [6.45, 7) is 0.935. The smallest absolute Gasteiger partial charge is 0.320 e. The maximum Gasteiger partial charge on any atom is 0.320 e. The van der Waals surface area contributed by atoms with Gasteiger partial charge >= 0.3 is 5.97 Å². The lowest BCUT2D eigenvalue weighted by Crippen LogP contribution is -2.48. The summed E-state index contributed by atoms with van der Waals surface area (Å²) in [4.78, 5) is 28.4. The molecule has 1 amide bonds. The zero-order chi connectivity index (χ0) is 16.7. The fraction of sp³-hybridized carbons (Fsp3) is 0.579. The summed E-state index contributed by atoms with van der Waals surface area (Å²) < 4.78 is 0. The second-order valence-corrected chi connectivity index (χ2v) is 7.30. The van der Waals surface area contributed by atoms with Gasteiger partial charge in [0.1, 0.15) is 6.04 Å². The summed E-state index contributed by atoms with van der Waals surface area (Å²) in [6, 6.07) is 7.78. The van der Waals surface area contributed by atoms with Crippen LogP contribution in [0.4, 0.5) is 5.69 Å². The van der Waals surface area contributed by atoms with Crippen LogP contribution in [-0.4, -0.2) is 47.1 Å². The van der Waals surface area contributed by atoms with Crippen LogP contribution in [0.5, 0.6) is 0 Å². The molecule has 2 fully saturated rings. The fourth-order valence-electron chi connectivity index (χ4n) is 4.86. The van der Waals surface area contributed by atoms with Gasteiger partial charge in [0.25, 0.3) is 0 Å². The van der Waals surface area contributed by atoms with Gasteiger partial charge in [-0.25, -0.2) is 0 Å². The first kappa shape index (κ1) is 15.6. The molecule has 3 atom stereocenters. The molecule has 0 aromatic heterocycles. The van der Waals surface area contributed by atoms with Crippen molar-refractivity contribution < 1.29 is 14.7 Å². The van der Waals surface area contributed by atoms with Crippen molar-refractivity contribution in [1.29, 1.82) is 0 Å². The molecule has 0 radical (unpaired) electrons. The monoisotopic (exact) mass is 328 g/mol. The molecule has 0 spiro atoms. The van der Waals surface area contributed by atoms with E-state index in [0.29, 0.717) is 18.9 Å². The normalized spacial score (nSPS) is 29.3. The lowest BCUT2D eigenvalue weighted by Gasteiger charge is -2.33. The number of likely N-dealkylation sites (tertiary alicyclic amines) is 1. The van der Waals surface area contributed by atoms with Gasteiger partial charge in [-0.2, -0.15) is 0 Å². The number of carbonyl (C=O) groups is 2. The number of anilines is 1. The van der Waals surface area contributed by atoms with Crippen molar-refractivity contribution in [2.75, 3.05) is 18.0 Å². The van der Waals surface area contributed by atoms with E-state index in [1.807, 2.05) is 28.0 Å². The van der Waals surface area contributed by atoms with Crippen LogP contribution < -0.4 is 4.90 Å². The fourth-order valence-corrected chi connectivity index (χ4v) is 4.86. The number of para-hydroxylation sites is 1. The standard InChI is InChI=1S/C19H24N2O3/c22-18(20-10-9-13-5-1-3-7-15(13)20)12-21-16-8-4-2-6-14(16)11-17(21)19(23)24/h1,3,5,7,14,16-17H,2,4,6,8-12H2,(H,23,24)/t14-,16+,17+/m1/s1. The van der Waals surface area contributed by atoms with E-state index in [0.717, 1.165) is 31.4 Å². The van der Waals surface area contributed by atoms with E-state index in [-0.39, 0.29) is 18.5 Å². The van der Waals surface area contributed by atoms with Gasteiger partial charge in [-0.05, 0) is 43.2 Å². The summed E-state index contributed by atoms with van der Waals surface area (Å²) >= 11 is 0. The molecule has 1 saturated carbocycles. The molecule has 24 heavy (non-hydrogen) atoms. The Balaban J connectivity index is 1.53. The van der Waals surface area contributed by atoms with Crippen LogP contribution in [0.3, 0.4) is 0 Å². The van der Waals surface area contributed by atoms with Gasteiger partial charge in [-0.1, -0.05) is 31.0 Å². The van der Waals surface area contributed by atoms with E-state index >= 15 is 0 Å². The largest absolute Gasteiger partial charge is 0.480 e. The third kappa shape index (κ3) is 2.61.